The molecule has 1 N–H and O–H groups in total. The quantitative estimate of drug-likeness (QED) is 0.236. The second kappa shape index (κ2) is 11.1. The largest absolute Gasteiger partial charge is 0.444 e. The van der Waals surface area contributed by atoms with E-state index in [2.05, 4.69) is 15.3 Å². The number of ether oxygens (including phenoxy) is 1. The van der Waals surface area contributed by atoms with Crippen LogP contribution in [0.5, 0.6) is 0 Å². The van der Waals surface area contributed by atoms with Gasteiger partial charge in [-0.05, 0) is 70.2 Å². The second-order valence-corrected chi connectivity index (χ2v) is 15.2. The van der Waals surface area contributed by atoms with Crippen LogP contribution in [0.15, 0.2) is 30.3 Å². The maximum atomic E-state index is 15.6. The molecule has 2 aromatic carbocycles. The summed E-state index contributed by atoms with van der Waals surface area (Å²) in [6, 6.07) is 6.44. The van der Waals surface area contributed by atoms with E-state index in [1.807, 2.05) is 0 Å². The minimum absolute atomic E-state index is 0.0648. The number of carbonyl (C=O) groups excluding carboxylic acids is 1. The lowest BCUT2D eigenvalue weighted by Gasteiger charge is -2.34. The molecular formula is C30H35F4N4O3P. The lowest BCUT2D eigenvalue weighted by molar-refractivity contribution is -0.138. The molecule has 0 saturated carbocycles. The number of fused-ring (bicyclic) bond motifs is 5. The zero-order chi connectivity index (χ0) is 30.4. The van der Waals surface area contributed by atoms with Gasteiger partial charge in [-0.1, -0.05) is 12.1 Å². The van der Waals surface area contributed by atoms with Crippen LogP contribution in [0.25, 0.3) is 10.9 Å². The van der Waals surface area contributed by atoms with Gasteiger partial charge in [-0.2, -0.15) is 13.2 Å². The van der Waals surface area contributed by atoms with E-state index < -0.39 is 42.4 Å². The molecule has 7 nitrogen and oxygen atoms in total. The average molecular weight is 607 g/mol. The summed E-state index contributed by atoms with van der Waals surface area (Å²) >= 11 is 0. The number of halogens is 4. The molecule has 1 amide bonds. The summed E-state index contributed by atoms with van der Waals surface area (Å²) in [5.41, 5.74) is -0.208. The van der Waals surface area contributed by atoms with Gasteiger partial charge in [-0.3, -0.25) is 0 Å². The molecule has 5 rings (SSSR count). The van der Waals surface area contributed by atoms with Crippen LogP contribution in [0.4, 0.5) is 28.2 Å². The van der Waals surface area contributed by atoms with Crippen LogP contribution in [0.2, 0.25) is 0 Å². The second-order valence-electron chi connectivity index (χ2n) is 12.1. The number of aryl methyl sites for hydroxylation is 1. The van der Waals surface area contributed by atoms with Crippen LogP contribution >= 0.6 is 7.14 Å². The maximum Gasteiger partial charge on any atom is 0.416 e. The van der Waals surface area contributed by atoms with Crippen molar-refractivity contribution in [3.05, 3.63) is 58.7 Å². The van der Waals surface area contributed by atoms with Crippen LogP contribution < -0.4 is 10.6 Å². The summed E-state index contributed by atoms with van der Waals surface area (Å²) in [5, 5.41) is 3.77. The first-order valence-electron chi connectivity index (χ1n) is 14.2. The van der Waals surface area contributed by atoms with Gasteiger partial charge in [-0.25, -0.2) is 19.2 Å². The van der Waals surface area contributed by atoms with Gasteiger partial charge in [0.1, 0.15) is 30.2 Å². The predicted octanol–water partition coefficient (Wildman–Crippen LogP) is 7.08. The van der Waals surface area contributed by atoms with E-state index in [9.17, 15) is 22.5 Å². The van der Waals surface area contributed by atoms with Gasteiger partial charge in [0.25, 0.3) is 0 Å². The summed E-state index contributed by atoms with van der Waals surface area (Å²) in [7, 11) is -3.23. The third-order valence-corrected chi connectivity index (χ3v) is 10.8. The van der Waals surface area contributed by atoms with Crippen molar-refractivity contribution in [1.82, 2.24) is 14.9 Å². The van der Waals surface area contributed by atoms with E-state index in [1.165, 1.54) is 23.1 Å². The SMILES string of the molecule is C[C@H]1Nc2nc(nc3cc(F)c(P4(=O)CCN(C(=O)OC(C)(C)C)CC4)cc23)CCCCc2c1cccc2C(F)(F)F. The molecule has 2 bridgehead atoms. The average Bonchev–Trinajstić information content (AvgIpc) is 2.91. The normalized spacial score (nSPS) is 19.4. The third-order valence-electron chi connectivity index (χ3n) is 7.78. The number of hydrogen-bond donors (Lipinski definition) is 1. The molecule has 226 valence electrons. The lowest BCUT2D eigenvalue weighted by Crippen LogP contribution is -2.44. The highest BCUT2D eigenvalue weighted by Crippen LogP contribution is 2.48. The molecule has 0 aliphatic carbocycles. The molecule has 2 aliphatic rings. The number of aromatic nitrogens is 2. The zero-order valence-electron chi connectivity index (χ0n) is 24.1. The number of anilines is 1. The Labute approximate surface area is 242 Å². The molecule has 1 aromatic heterocycles. The van der Waals surface area contributed by atoms with Gasteiger partial charge in [-0.15, -0.1) is 0 Å². The summed E-state index contributed by atoms with van der Waals surface area (Å²) in [6.07, 6.45) is -3.02. The monoisotopic (exact) mass is 606 g/mol. The van der Waals surface area contributed by atoms with E-state index in [0.29, 0.717) is 47.4 Å². The van der Waals surface area contributed by atoms with Crippen molar-refractivity contribution in [3.63, 3.8) is 0 Å². The van der Waals surface area contributed by atoms with Gasteiger partial charge in [0, 0.05) is 48.6 Å². The summed E-state index contributed by atoms with van der Waals surface area (Å²) < 4.78 is 76.8. The smallest absolute Gasteiger partial charge is 0.416 e. The van der Waals surface area contributed by atoms with Gasteiger partial charge in [0.15, 0.2) is 0 Å². The molecule has 1 fully saturated rings. The van der Waals surface area contributed by atoms with E-state index in [4.69, 9.17) is 4.74 Å². The van der Waals surface area contributed by atoms with E-state index in [0.717, 1.165) is 6.07 Å². The fraction of sp³-hybridized carbons (Fsp3) is 0.500. The van der Waals surface area contributed by atoms with Crippen molar-refractivity contribution < 1.29 is 31.7 Å². The Morgan fingerprint density at radius 2 is 1.76 bits per heavy atom. The highest BCUT2D eigenvalue weighted by Gasteiger charge is 2.37. The molecule has 0 spiro atoms. The first kappa shape index (κ1) is 30.3. The summed E-state index contributed by atoms with van der Waals surface area (Å²) in [6.45, 7) is 7.40. The van der Waals surface area contributed by atoms with Crippen molar-refractivity contribution in [1.29, 1.82) is 0 Å². The van der Waals surface area contributed by atoms with Gasteiger partial charge >= 0.3 is 12.3 Å². The Hall–Kier alpha value is -3.20. The van der Waals surface area contributed by atoms with Gasteiger partial charge in [0.2, 0.25) is 0 Å². The Balaban J connectivity index is 1.51. The fourth-order valence-corrected chi connectivity index (χ4v) is 8.33. The molecular weight excluding hydrogens is 571 g/mol. The standard InChI is InChI=1S/C30H35F4N4O3P/c1-18-19-9-7-10-22(30(32,33)34)20(19)8-5-6-11-26-36-24-17-23(31)25(16-21(24)27(35-18)37-26)42(40)14-12-38(13-15-42)28(39)41-29(2,3)4/h7,9-10,16-18H,5-6,8,11-15H2,1-4H3,(H,35,36,37)/t18-/m1/s1. The molecule has 1 saturated heterocycles. The number of nitrogens with zero attached hydrogens (tertiary/aromatic N) is 3. The Bertz CT molecular complexity index is 1560. The summed E-state index contributed by atoms with van der Waals surface area (Å²) in [5.74, 6) is 0.182. The number of benzene rings is 2. The van der Waals surface area contributed by atoms with Crippen molar-refractivity contribution in [2.45, 2.75) is 71.2 Å². The van der Waals surface area contributed by atoms with Crippen molar-refractivity contribution in [2.24, 2.45) is 0 Å². The molecule has 3 aromatic rings. The Morgan fingerprint density at radius 3 is 2.43 bits per heavy atom. The first-order valence-corrected chi connectivity index (χ1v) is 16.2. The minimum Gasteiger partial charge on any atom is -0.444 e. The molecule has 12 heteroatoms. The van der Waals surface area contributed by atoms with Gasteiger partial charge in [0.05, 0.1) is 17.1 Å². The van der Waals surface area contributed by atoms with Crippen LogP contribution in [-0.4, -0.2) is 52.0 Å². The number of nitrogens with one attached hydrogen (secondary N) is 1. The molecule has 0 radical (unpaired) electrons. The fourth-order valence-electron chi connectivity index (χ4n) is 5.68. The first-order chi connectivity index (χ1) is 19.6. The minimum atomic E-state index is -4.48. The highest BCUT2D eigenvalue weighted by molar-refractivity contribution is 7.71. The molecule has 3 heterocycles. The van der Waals surface area contributed by atoms with Crippen LogP contribution in [0.3, 0.4) is 0 Å². The topological polar surface area (TPSA) is 84.4 Å². The van der Waals surface area contributed by atoms with E-state index >= 15 is 4.39 Å². The van der Waals surface area contributed by atoms with E-state index in [-0.39, 0.29) is 42.7 Å². The van der Waals surface area contributed by atoms with Crippen LogP contribution in [0.1, 0.15) is 69.1 Å². The number of hydrogen-bond acceptors (Lipinski definition) is 6. The molecule has 0 unspecified atom stereocenters. The molecule has 42 heavy (non-hydrogen) atoms. The van der Waals surface area contributed by atoms with E-state index in [1.54, 1.807) is 33.8 Å². The summed E-state index contributed by atoms with van der Waals surface area (Å²) in [4.78, 5) is 23.2. The number of alkyl halides is 3. The lowest BCUT2D eigenvalue weighted by atomic mass is 9.92. The maximum absolute atomic E-state index is 15.6. The van der Waals surface area contributed by atoms with Crippen molar-refractivity contribution in [3.8, 4) is 0 Å². The van der Waals surface area contributed by atoms with Crippen molar-refractivity contribution >= 4 is 35.3 Å². The molecule has 1 atom stereocenters. The van der Waals surface area contributed by atoms with Crippen LogP contribution in [0, 0.1) is 5.82 Å². The number of carbonyl (C=O) groups is 1. The predicted molar refractivity (Wildman–Crippen MR) is 154 cm³/mol. The molecule has 2 aliphatic heterocycles. The number of amides is 1. The Morgan fingerprint density at radius 1 is 1.07 bits per heavy atom. The van der Waals surface area contributed by atoms with Crippen molar-refractivity contribution in [2.75, 3.05) is 30.7 Å². The zero-order valence-corrected chi connectivity index (χ0v) is 25.0. The van der Waals surface area contributed by atoms with Crippen LogP contribution in [-0.2, 0) is 28.3 Å². The Kier molecular flexibility index (Phi) is 8.02. The third kappa shape index (κ3) is 6.26. The highest BCUT2D eigenvalue weighted by atomic mass is 31.2. The van der Waals surface area contributed by atoms with Gasteiger partial charge < -0.3 is 19.5 Å². The number of rotatable bonds is 1.